The average Bonchev–Trinajstić information content (AvgIpc) is 3.04. The van der Waals surface area contributed by atoms with Crippen LogP contribution in [0.4, 0.5) is 17.1 Å². The molecule has 1 aliphatic heterocycles. The smallest absolute Gasteiger partial charge is 0.377 e. The van der Waals surface area contributed by atoms with Crippen LogP contribution in [-0.4, -0.2) is 62.6 Å². The van der Waals surface area contributed by atoms with Crippen molar-refractivity contribution >= 4 is 33.1 Å². The van der Waals surface area contributed by atoms with Crippen molar-refractivity contribution in [3.63, 3.8) is 0 Å². The van der Waals surface area contributed by atoms with Crippen molar-refractivity contribution < 1.29 is 37.5 Å². The third-order valence-electron chi connectivity index (χ3n) is 4.46. The molecule has 0 aliphatic carbocycles. The molecule has 0 spiro atoms. The van der Waals surface area contributed by atoms with Gasteiger partial charge < -0.3 is 25.0 Å². The summed E-state index contributed by atoms with van der Waals surface area (Å²) in [6.07, 6.45) is -3.34. The fourth-order valence-electron chi connectivity index (χ4n) is 2.65. The summed E-state index contributed by atoms with van der Waals surface area (Å²) < 4.78 is 34.0. The first kappa shape index (κ1) is 23.2. The molecule has 2 aromatic carbocycles. The Morgan fingerprint density at radius 2 is 1.56 bits per heavy atom. The van der Waals surface area contributed by atoms with Gasteiger partial charge in [0.1, 0.15) is 6.10 Å². The molecular weight excluding hydrogens is 442 g/mol. The summed E-state index contributed by atoms with van der Waals surface area (Å²) in [6.45, 7) is -0.817. The van der Waals surface area contributed by atoms with E-state index < -0.39 is 46.4 Å². The quantitative estimate of drug-likeness (QED) is 0.304. The Bertz CT molecular complexity index is 1140. The van der Waals surface area contributed by atoms with Crippen molar-refractivity contribution in [2.45, 2.75) is 17.1 Å². The Morgan fingerprint density at radius 1 is 1.03 bits per heavy atom. The molecule has 0 unspecified atom stereocenters. The third-order valence-corrected chi connectivity index (χ3v) is 5.75. The van der Waals surface area contributed by atoms with Crippen molar-refractivity contribution in [3.05, 3.63) is 60.0 Å². The molecule has 0 saturated carbocycles. The summed E-state index contributed by atoms with van der Waals surface area (Å²) in [6, 6.07) is 12.7. The number of hydrogen-bond acceptors (Lipinski definition) is 11. The number of azo groups is 1. The van der Waals surface area contributed by atoms with E-state index in [-0.39, 0.29) is 4.90 Å². The number of esters is 1. The van der Waals surface area contributed by atoms with Crippen molar-refractivity contribution in [2.24, 2.45) is 10.2 Å². The molecule has 0 saturated heterocycles. The molecule has 0 radical (unpaired) electrons. The summed E-state index contributed by atoms with van der Waals surface area (Å²) in [5.41, 5.74) is 2.04. The molecule has 0 fully saturated rings. The summed E-state index contributed by atoms with van der Waals surface area (Å²) in [7, 11) is -0.419. The lowest BCUT2D eigenvalue weighted by atomic mass is 10.2. The zero-order chi connectivity index (χ0) is 23.5. The predicted octanol–water partition coefficient (Wildman–Crippen LogP) is 2.49. The number of carbonyl (C=O) groups is 1. The summed E-state index contributed by atoms with van der Waals surface area (Å²) in [4.78, 5) is 12.9. The van der Waals surface area contributed by atoms with Gasteiger partial charge in [-0.1, -0.05) is 0 Å². The van der Waals surface area contributed by atoms with E-state index >= 15 is 0 Å². The standard InChI is InChI=1S/C20H21N3O8S/c1-23(2)14-7-3-12(4-8-14)21-22-13-5-9-15(10-6-13)32(28,29)30-11-16(24)19-17(25)18(26)20(27)31-19/h3-10,16,19,24-26H,11H2,1-2H3/t16-,19+/m0/s1. The van der Waals surface area contributed by atoms with Crippen LogP contribution in [0.5, 0.6) is 0 Å². The fourth-order valence-corrected chi connectivity index (χ4v) is 3.58. The van der Waals surface area contributed by atoms with Crippen LogP contribution in [0.2, 0.25) is 0 Å². The molecule has 2 atom stereocenters. The van der Waals surface area contributed by atoms with Crippen molar-refractivity contribution in [2.75, 3.05) is 25.6 Å². The number of benzene rings is 2. The SMILES string of the molecule is CN(C)c1ccc(N=Nc2ccc(S(=O)(=O)OC[C@H](O)[C@H]3OC(=O)C(O)=C3O)cc2)cc1. The molecule has 32 heavy (non-hydrogen) atoms. The lowest BCUT2D eigenvalue weighted by Crippen LogP contribution is -2.33. The fraction of sp³-hybridized carbons (Fsp3) is 0.250. The highest BCUT2D eigenvalue weighted by Crippen LogP contribution is 2.25. The largest absolute Gasteiger partial charge is 0.505 e. The minimum absolute atomic E-state index is 0.204. The second kappa shape index (κ2) is 9.34. The summed E-state index contributed by atoms with van der Waals surface area (Å²) >= 11 is 0. The van der Waals surface area contributed by atoms with E-state index in [0.717, 1.165) is 5.69 Å². The Hall–Kier alpha value is -3.48. The zero-order valence-electron chi connectivity index (χ0n) is 17.1. The van der Waals surface area contributed by atoms with Crippen LogP contribution >= 0.6 is 0 Å². The van der Waals surface area contributed by atoms with Gasteiger partial charge in [-0.2, -0.15) is 18.6 Å². The number of aliphatic hydroxyl groups is 3. The molecule has 0 aromatic heterocycles. The second-order valence-electron chi connectivity index (χ2n) is 6.97. The van der Waals surface area contributed by atoms with Crippen LogP contribution in [0, 0.1) is 0 Å². The third kappa shape index (κ3) is 5.22. The minimum atomic E-state index is -4.26. The van der Waals surface area contributed by atoms with Gasteiger partial charge in [-0.15, -0.1) is 0 Å². The molecule has 2 aromatic rings. The van der Waals surface area contributed by atoms with Crippen LogP contribution < -0.4 is 4.90 Å². The van der Waals surface area contributed by atoms with Crippen LogP contribution in [0.25, 0.3) is 0 Å². The van der Waals surface area contributed by atoms with Gasteiger partial charge in [-0.3, -0.25) is 4.18 Å². The maximum absolute atomic E-state index is 12.3. The number of aliphatic hydroxyl groups excluding tert-OH is 3. The molecule has 0 amide bonds. The van der Waals surface area contributed by atoms with Crippen molar-refractivity contribution in [1.82, 2.24) is 0 Å². The number of carbonyl (C=O) groups excluding carboxylic acids is 1. The lowest BCUT2D eigenvalue weighted by molar-refractivity contribution is -0.147. The molecule has 170 valence electrons. The van der Waals surface area contributed by atoms with E-state index in [1.165, 1.54) is 24.3 Å². The molecule has 1 heterocycles. The molecule has 1 aliphatic rings. The van der Waals surface area contributed by atoms with Gasteiger partial charge in [0.25, 0.3) is 10.1 Å². The van der Waals surface area contributed by atoms with Crippen LogP contribution in [0.1, 0.15) is 0 Å². The van der Waals surface area contributed by atoms with Crippen molar-refractivity contribution in [3.8, 4) is 0 Å². The predicted molar refractivity (Wildman–Crippen MR) is 113 cm³/mol. The van der Waals surface area contributed by atoms with Gasteiger partial charge in [0, 0.05) is 19.8 Å². The van der Waals surface area contributed by atoms with Gasteiger partial charge in [0.05, 0.1) is 22.9 Å². The number of hydrogen-bond donors (Lipinski definition) is 3. The minimum Gasteiger partial charge on any atom is -0.505 e. The first-order valence-electron chi connectivity index (χ1n) is 9.28. The van der Waals surface area contributed by atoms with Gasteiger partial charge in [0.15, 0.2) is 11.9 Å². The Morgan fingerprint density at radius 3 is 2.03 bits per heavy atom. The maximum Gasteiger partial charge on any atom is 0.377 e. The lowest BCUT2D eigenvalue weighted by Gasteiger charge is -2.17. The topological polar surface area (TPSA) is 158 Å². The normalized spacial score (nSPS) is 17.6. The average molecular weight is 463 g/mol. The van der Waals surface area contributed by atoms with Crippen LogP contribution in [-0.2, 0) is 23.8 Å². The number of nitrogens with zero attached hydrogens (tertiary/aromatic N) is 3. The molecule has 12 heteroatoms. The van der Waals surface area contributed by atoms with Gasteiger partial charge in [0.2, 0.25) is 5.76 Å². The Labute approximate surface area is 184 Å². The summed E-state index contributed by atoms with van der Waals surface area (Å²) in [5.74, 6) is -3.17. The van der Waals surface area contributed by atoms with Gasteiger partial charge in [-0.05, 0) is 48.5 Å². The van der Waals surface area contributed by atoms with Gasteiger partial charge in [-0.25, -0.2) is 4.79 Å². The van der Waals surface area contributed by atoms with E-state index in [1.807, 2.05) is 31.1 Å². The highest BCUT2D eigenvalue weighted by Gasteiger charge is 2.39. The van der Waals surface area contributed by atoms with Gasteiger partial charge >= 0.3 is 5.97 Å². The Kier molecular flexibility index (Phi) is 6.77. The monoisotopic (exact) mass is 463 g/mol. The first-order valence-corrected chi connectivity index (χ1v) is 10.7. The zero-order valence-corrected chi connectivity index (χ0v) is 17.9. The number of cyclic esters (lactones) is 1. The van der Waals surface area contributed by atoms with Crippen LogP contribution in [0.15, 0.2) is 75.2 Å². The molecule has 3 N–H and O–H groups in total. The summed E-state index contributed by atoms with van der Waals surface area (Å²) in [5, 5.41) is 36.9. The molecule has 0 bridgehead atoms. The van der Waals surface area contributed by atoms with Crippen LogP contribution in [0.3, 0.4) is 0 Å². The van der Waals surface area contributed by atoms with E-state index in [1.54, 1.807) is 12.1 Å². The number of ether oxygens (including phenoxy) is 1. The first-order chi connectivity index (χ1) is 15.1. The molecule has 3 rings (SSSR count). The van der Waals surface area contributed by atoms with Crippen molar-refractivity contribution in [1.29, 1.82) is 0 Å². The Balaban J connectivity index is 1.61. The van der Waals surface area contributed by atoms with E-state index in [9.17, 15) is 28.5 Å². The molecule has 11 nitrogen and oxygen atoms in total. The molecular formula is C20H21N3O8S. The van der Waals surface area contributed by atoms with E-state index in [0.29, 0.717) is 11.4 Å². The number of anilines is 1. The number of rotatable bonds is 8. The second-order valence-corrected chi connectivity index (χ2v) is 8.59. The van der Waals surface area contributed by atoms with E-state index in [2.05, 4.69) is 15.0 Å². The highest BCUT2D eigenvalue weighted by molar-refractivity contribution is 7.86. The van der Waals surface area contributed by atoms with E-state index in [4.69, 9.17) is 4.18 Å². The maximum atomic E-state index is 12.3. The highest BCUT2D eigenvalue weighted by atomic mass is 32.2.